The first-order chi connectivity index (χ1) is 15.6. The third-order valence-electron chi connectivity index (χ3n) is 5.34. The number of aromatic nitrogens is 2. The first-order valence-electron chi connectivity index (χ1n) is 10.1. The number of rotatable bonds is 4. The Labute approximate surface area is 188 Å². The summed E-state index contributed by atoms with van der Waals surface area (Å²) in [5.74, 6) is 0.509. The maximum absolute atomic E-state index is 13.2. The van der Waals surface area contributed by atoms with E-state index in [0.29, 0.717) is 54.1 Å². The summed E-state index contributed by atoms with van der Waals surface area (Å²) < 4.78 is 12.4. The molecule has 0 bridgehead atoms. The molecular formula is C23H19ClN4O4. The standard InChI is InChI=1S/C23H19ClN4O4/c24-16-4-1-5-17(14-16)28-19(20-6-2-12-31-20)15-18(25-28)22(29)26-8-10-27(11-9-26)23(30)21-7-3-13-32-21/h1-7,12-15H,8-11H2. The molecule has 32 heavy (non-hydrogen) atoms. The molecule has 4 heterocycles. The van der Waals surface area contributed by atoms with Gasteiger partial charge in [-0.2, -0.15) is 5.10 Å². The molecular weight excluding hydrogens is 432 g/mol. The molecule has 1 aromatic carbocycles. The molecule has 0 saturated carbocycles. The van der Waals surface area contributed by atoms with Crippen LogP contribution < -0.4 is 0 Å². The Morgan fingerprint density at radius 3 is 2.22 bits per heavy atom. The zero-order valence-corrected chi connectivity index (χ0v) is 17.7. The van der Waals surface area contributed by atoms with Gasteiger partial charge in [0.2, 0.25) is 0 Å². The van der Waals surface area contributed by atoms with Crippen molar-refractivity contribution in [1.29, 1.82) is 0 Å². The highest BCUT2D eigenvalue weighted by molar-refractivity contribution is 6.30. The number of nitrogens with zero attached hydrogens (tertiary/aromatic N) is 4. The molecule has 0 spiro atoms. The number of piperazine rings is 1. The zero-order chi connectivity index (χ0) is 22.1. The van der Waals surface area contributed by atoms with E-state index in [1.54, 1.807) is 57.1 Å². The highest BCUT2D eigenvalue weighted by atomic mass is 35.5. The van der Waals surface area contributed by atoms with Gasteiger partial charge in [0.1, 0.15) is 5.69 Å². The minimum absolute atomic E-state index is 0.174. The van der Waals surface area contributed by atoms with Crippen LogP contribution in [0.3, 0.4) is 0 Å². The summed E-state index contributed by atoms with van der Waals surface area (Å²) in [6.45, 7) is 1.66. The van der Waals surface area contributed by atoms with E-state index in [9.17, 15) is 9.59 Å². The summed E-state index contributed by atoms with van der Waals surface area (Å²) in [5, 5.41) is 5.12. The third kappa shape index (κ3) is 3.80. The number of hydrogen-bond donors (Lipinski definition) is 0. The van der Waals surface area contributed by atoms with Crippen LogP contribution in [0.4, 0.5) is 0 Å². The van der Waals surface area contributed by atoms with Crippen LogP contribution in [-0.4, -0.2) is 57.6 Å². The van der Waals surface area contributed by atoms with Gasteiger partial charge in [-0.1, -0.05) is 17.7 Å². The minimum Gasteiger partial charge on any atom is -0.463 e. The molecule has 4 aromatic rings. The van der Waals surface area contributed by atoms with E-state index in [0.717, 1.165) is 5.69 Å². The molecule has 1 aliphatic rings. The van der Waals surface area contributed by atoms with Gasteiger partial charge in [0.25, 0.3) is 11.8 Å². The summed E-state index contributed by atoms with van der Waals surface area (Å²) >= 11 is 6.16. The monoisotopic (exact) mass is 450 g/mol. The van der Waals surface area contributed by atoms with E-state index in [2.05, 4.69) is 5.10 Å². The zero-order valence-electron chi connectivity index (χ0n) is 17.0. The third-order valence-corrected chi connectivity index (χ3v) is 5.58. The summed E-state index contributed by atoms with van der Waals surface area (Å²) in [4.78, 5) is 29.1. The average Bonchev–Trinajstić information content (AvgIpc) is 3.59. The lowest BCUT2D eigenvalue weighted by molar-refractivity contribution is 0.0515. The molecule has 0 N–H and O–H groups in total. The number of carbonyl (C=O) groups excluding carboxylic acids is 2. The fourth-order valence-electron chi connectivity index (χ4n) is 3.72. The molecule has 0 atom stereocenters. The highest BCUT2D eigenvalue weighted by Crippen LogP contribution is 2.26. The SMILES string of the molecule is O=C(c1cc(-c2ccco2)n(-c2cccc(Cl)c2)n1)N1CCN(C(=O)c2ccco2)CC1. The molecule has 2 amide bonds. The fraction of sp³-hybridized carbons (Fsp3) is 0.174. The Morgan fingerprint density at radius 2 is 1.56 bits per heavy atom. The first-order valence-corrected chi connectivity index (χ1v) is 10.5. The first kappa shape index (κ1) is 20.1. The number of furan rings is 2. The van der Waals surface area contributed by atoms with E-state index in [1.807, 2.05) is 18.2 Å². The predicted molar refractivity (Wildman–Crippen MR) is 117 cm³/mol. The van der Waals surface area contributed by atoms with Gasteiger partial charge >= 0.3 is 0 Å². The van der Waals surface area contributed by atoms with Crippen molar-refractivity contribution < 1.29 is 18.4 Å². The average molecular weight is 451 g/mol. The van der Waals surface area contributed by atoms with Crippen molar-refractivity contribution in [3.8, 4) is 17.1 Å². The van der Waals surface area contributed by atoms with Gasteiger partial charge in [-0.15, -0.1) is 0 Å². The van der Waals surface area contributed by atoms with E-state index in [4.69, 9.17) is 20.4 Å². The van der Waals surface area contributed by atoms with Crippen LogP contribution in [0.25, 0.3) is 17.1 Å². The van der Waals surface area contributed by atoms with Crippen molar-refractivity contribution in [2.75, 3.05) is 26.2 Å². The molecule has 1 saturated heterocycles. The van der Waals surface area contributed by atoms with Crippen molar-refractivity contribution in [3.63, 3.8) is 0 Å². The van der Waals surface area contributed by atoms with Gasteiger partial charge in [-0.25, -0.2) is 4.68 Å². The van der Waals surface area contributed by atoms with Crippen molar-refractivity contribution in [1.82, 2.24) is 19.6 Å². The normalized spacial score (nSPS) is 14.0. The molecule has 1 fully saturated rings. The van der Waals surface area contributed by atoms with Gasteiger partial charge in [0.05, 0.1) is 18.2 Å². The van der Waals surface area contributed by atoms with Gasteiger partial charge in [-0.3, -0.25) is 9.59 Å². The van der Waals surface area contributed by atoms with Crippen LogP contribution >= 0.6 is 11.6 Å². The lowest BCUT2D eigenvalue weighted by Crippen LogP contribution is -2.50. The Hall–Kier alpha value is -3.78. The largest absolute Gasteiger partial charge is 0.463 e. The molecule has 5 rings (SSSR count). The molecule has 9 heteroatoms. The van der Waals surface area contributed by atoms with E-state index < -0.39 is 0 Å². The van der Waals surface area contributed by atoms with Crippen LogP contribution in [0.2, 0.25) is 5.02 Å². The maximum Gasteiger partial charge on any atom is 0.289 e. The van der Waals surface area contributed by atoms with Crippen molar-refractivity contribution in [2.45, 2.75) is 0 Å². The summed E-state index contributed by atoms with van der Waals surface area (Å²) in [7, 11) is 0. The molecule has 0 unspecified atom stereocenters. The minimum atomic E-state index is -0.205. The smallest absolute Gasteiger partial charge is 0.289 e. The van der Waals surface area contributed by atoms with Crippen LogP contribution in [0.1, 0.15) is 21.0 Å². The second kappa shape index (κ2) is 8.39. The van der Waals surface area contributed by atoms with Crippen LogP contribution in [0.15, 0.2) is 76.0 Å². The van der Waals surface area contributed by atoms with Crippen LogP contribution in [-0.2, 0) is 0 Å². The number of carbonyl (C=O) groups is 2. The number of hydrogen-bond acceptors (Lipinski definition) is 5. The molecule has 0 radical (unpaired) electrons. The molecule has 3 aromatic heterocycles. The topological polar surface area (TPSA) is 84.7 Å². The Kier molecular flexibility index (Phi) is 5.28. The van der Waals surface area contributed by atoms with E-state index in [1.165, 1.54) is 6.26 Å². The quantitative estimate of drug-likeness (QED) is 0.469. The van der Waals surface area contributed by atoms with Gasteiger partial charge in [0.15, 0.2) is 17.2 Å². The maximum atomic E-state index is 13.2. The molecule has 1 aliphatic heterocycles. The molecule has 162 valence electrons. The Bertz CT molecular complexity index is 1240. The summed E-state index contributed by atoms with van der Waals surface area (Å²) in [6, 6.07) is 15.8. The molecule has 0 aliphatic carbocycles. The van der Waals surface area contributed by atoms with Gasteiger partial charge in [0, 0.05) is 37.3 Å². The molecule has 8 nitrogen and oxygen atoms in total. The van der Waals surface area contributed by atoms with Gasteiger partial charge < -0.3 is 18.6 Å². The van der Waals surface area contributed by atoms with E-state index in [-0.39, 0.29) is 11.8 Å². The van der Waals surface area contributed by atoms with Crippen molar-refractivity contribution in [2.24, 2.45) is 0 Å². The summed E-state index contributed by atoms with van der Waals surface area (Å²) in [6.07, 6.45) is 3.04. The van der Waals surface area contributed by atoms with Crippen molar-refractivity contribution in [3.05, 3.63) is 83.6 Å². The second-order valence-corrected chi connectivity index (χ2v) is 7.78. The Morgan fingerprint density at radius 1 is 0.844 bits per heavy atom. The van der Waals surface area contributed by atoms with Crippen LogP contribution in [0, 0.1) is 0 Å². The fourth-order valence-corrected chi connectivity index (χ4v) is 3.91. The second-order valence-electron chi connectivity index (χ2n) is 7.35. The Balaban J connectivity index is 1.37. The lowest BCUT2D eigenvalue weighted by atomic mass is 10.2. The number of benzene rings is 1. The highest BCUT2D eigenvalue weighted by Gasteiger charge is 2.28. The lowest BCUT2D eigenvalue weighted by Gasteiger charge is -2.33. The summed E-state index contributed by atoms with van der Waals surface area (Å²) in [5.41, 5.74) is 1.66. The number of amides is 2. The van der Waals surface area contributed by atoms with Crippen LogP contribution in [0.5, 0.6) is 0 Å². The predicted octanol–water partition coefficient (Wildman–Crippen LogP) is 3.98. The van der Waals surface area contributed by atoms with Gasteiger partial charge in [-0.05, 0) is 42.5 Å². The number of halogens is 1. The van der Waals surface area contributed by atoms with Crippen molar-refractivity contribution >= 4 is 23.4 Å². The van der Waals surface area contributed by atoms with E-state index >= 15 is 0 Å².